The first-order valence-electron chi connectivity index (χ1n) is 5.24. The standard InChI is InChI=1S/C12H14N4O/c1-8-7-11(17)16(2)15-12(8)9-3-5-10(14-13)6-4-9/h3-7,14H,13H2,1-2H3. The smallest absolute Gasteiger partial charge is 0.266 e. The van der Waals surface area contributed by atoms with Crippen molar-refractivity contribution in [3.8, 4) is 11.3 Å². The van der Waals surface area contributed by atoms with Gasteiger partial charge in [0.25, 0.3) is 5.56 Å². The number of benzene rings is 1. The lowest BCUT2D eigenvalue weighted by atomic mass is 10.1. The summed E-state index contributed by atoms with van der Waals surface area (Å²) in [5.74, 6) is 5.30. The van der Waals surface area contributed by atoms with Gasteiger partial charge in [-0.3, -0.25) is 10.6 Å². The second-order valence-corrected chi connectivity index (χ2v) is 3.86. The number of nitrogens with one attached hydrogen (secondary N) is 1. The Morgan fingerprint density at radius 3 is 2.53 bits per heavy atom. The van der Waals surface area contributed by atoms with Gasteiger partial charge in [0.05, 0.1) is 5.69 Å². The molecular formula is C12H14N4O. The summed E-state index contributed by atoms with van der Waals surface area (Å²) in [5, 5.41) is 4.25. The summed E-state index contributed by atoms with van der Waals surface area (Å²) in [5.41, 5.74) is 5.91. The van der Waals surface area contributed by atoms with Crippen molar-refractivity contribution in [1.29, 1.82) is 0 Å². The molecule has 2 aromatic rings. The average molecular weight is 230 g/mol. The van der Waals surface area contributed by atoms with E-state index in [1.54, 1.807) is 13.1 Å². The normalized spacial score (nSPS) is 10.3. The van der Waals surface area contributed by atoms with Crippen LogP contribution >= 0.6 is 0 Å². The molecule has 0 atom stereocenters. The topological polar surface area (TPSA) is 72.9 Å². The molecule has 2 rings (SSSR count). The predicted molar refractivity (Wildman–Crippen MR) is 67.5 cm³/mol. The molecule has 0 radical (unpaired) electrons. The molecule has 1 heterocycles. The van der Waals surface area contributed by atoms with Crippen LogP contribution in [0.1, 0.15) is 5.56 Å². The van der Waals surface area contributed by atoms with Crippen molar-refractivity contribution < 1.29 is 0 Å². The molecular weight excluding hydrogens is 216 g/mol. The molecule has 0 bridgehead atoms. The van der Waals surface area contributed by atoms with E-state index in [0.29, 0.717) is 0 Å². The Bertz CT molecular complexity index is 586. The van der Waals surface area contributed by atoms with Crippen LogP contribution in [-0.2, 0) is 7.05 Å². The molecule has 1 aromatic carbocycles. The highest BCUT2D eigenvalue weighted by molar-refractivity contribution is 5.64. The number of rotatable bonds is 2. The first-order chi connectivity index (χ1) is 8.11. The van der Waals surface area contributed by atoms with Gasteiger partial charge in [-0.05, 0) is 24.6 Å². The lowest BCUT2D eigenvalue weighted by Gasteiger charge is -2.07. The molecule has 17 heavy (non-hydrogen) atoms. The first-order valence-corrected chi connectivity index (χ1v) is 5.24. The lowest BCUT2D eigenvalue weighted by Crippen LogP contribution is -2.19. The van der Waals surface area contributed by atoms with Gasteiger partial charge in [0.15, 0.2) is 0 Å². The Labute approximate surface area is 98.9 Å². The Morgan fingerprint density at radius 1 is 1.29 bits per heavy atom. The SMILES string of the molecule is Cc1cc(=O)n(C)nc1-c1ccc(NN)cc1. The predicted octanol–water partition coefficient (Wildman–Crippen LogP) is 1.04. The van der Waals surface area contributed by atoms with Crippen molar-refractivity contribution in [2.24, 2.45) is 12.9 Å². The van der Waals surface area contributed by atoms with Crippen LogP contribution in [0.25, 0.3) is 11.3 Å². The zero-order valence-electron chi connectivity index (χ0n) is 9.77. The fraction of sp³-hybridized carbons (Fsp3) is 0.167. The van der Waals surface area contributed by atoms with Gasteiger partial charge in [-0.25, -0.2) is 4.68 Å². The second-order valence-electron chi connectivity index (χ2n) is 3.86. The maximum atomic E-state index is 11.4. The van der Waals surface area contributed by atoms with Crippen molar-refractivity contribution in [2.75, 3.05) is 5.43 Å². The van der Waals surface area contributed by atoms with Crippen LogP contribution in [0.5, 0.6) is 0 Å². The largest absolute Gasteiger partial charge is 0.324 e. The third kappa shape index (κ3) is 2.19. The summed E-state index contributed by atoms with van der Waals surface area (Å²) in [6.45, 7) is 1.87. The maximum Gasteiger partial charge on any atom is 0.266 e. The second kappa shape index (κ2) is 4.39. The van der Waals surface area contributed by atoms with E-state index < -0.39 is 0 Å². The van der Waals surface area contributed by atoms with E-state index in [4.69, 9.17) is 5.84 Å². The zero-order chi connectivity index (χ0) is 12.4. The molecule has 0 spiro atoms. The highest BCUT2D eigenvalue weighted by Crippen LogP contribution is 2.20. The molecule has 0 saturated carbocycles. The van der Waals surface area contributed by atoms with Crippen molar-refractivity contribution in [2.45, 2.75) is 6.92 Å². The van der Waals surface area contributed by atoms with Gasteiger partial charge < -0.3 is 5.43 Å². The molecule has 0 unspecified atom stereocenters. The van der Waals surface area contributed by atoms with Gasteiger partial charge in [-0.1, -0.05) is 12.1 Å². The minimum atomic E-state index is -0.105. The fourth-order valence-electron chi connectivity index (χ4n) is 1.63. The van der Waals surface area contributed by atoms with Gasteiger partial charge in [-0.2, -0.15) is 5.10 Å². The van der Waals surface area contributed by atoms with Crippen LogP contribution < -0.4 is 16.8 Å². The first kappa shape index (κ1) is 11.3. The average Bonchev–Trinajstić information content (AvgIpc) is 2.34. The number of nitrogens with zero attached hydrogens (tertiary/aromatic N) is 2. The van der Waals surface area contributed by atoms with E-state index in [0.717, 1.165) is 22.5 Å². The van der Waals surface area contributed by atoms with Crippen LogP contribution in [0.4, 0.5) is 5.69 Å². The maximum absolute atomic E-state index is 11.4. The number of nitrogen functional groups attached to an aromatic ring is 1. The van der Waals surface area contributed by atoms with Gasteiger partial charge in [0.2, 0.25) is 0 Å². The number of aryl methyl sites for hydroxylation is 2. The summed E-state index contributed by atoms with van der Waals surface area (Å²) in [7, 11) is 1.64. The minimum Gasteiger partial charge on any atom is -0.324 e. The van der Waals surface area contributed by atoms with E-state index in [1.807, 2.05) is 31.2 Å². The molecule has 1 aromatic heterocycles. The molecule has 0 aliphatic heterocycles. The van der Waals surface area contributed by atoms with Crippen LogP contribution in [0, 0.1) is 6.92 Å². The van der Waals surface area contributed by atoms with E-state index in [1.165, 1.54) is 4.68 Å². The van der Waals surface area contributed by atoms with Gasteiger partial charge in [0.1, 0.15) is 0 Å². The van der Waals surface area contributed by atoms with Crippen molar-refractivity contribution in [3.63, 3.8) is 0 Å². The summed E-state index contributed by atoms with van der Waals surface area (Å²) < 4.78 is 1.33. The van der Waals surface area contributed by atoms with Gasteiger partial charge >= 0.3 is 0 Å². The molecule has 0 amide bonds. The number of aromatic nitrogens is 2. The summed E-state index contributed by atoms with van der Waals surface area (Å²) in [6, 6.07) is 9.13. The highest BCUT2D eigenvalue weighted by atomic mass is 16.1. The third-order valence-electron chi connectivity index (χ3n) is 2.61. The van der Waals surface area contributed by atoms with Crippen LogP contribution in [0.3, 0.4) is 0 Å². The number of hydrogen-bond donors (Lipinski definition) is 2. The number of hydrogen-bond acceptors (Lipinski definition) is 4. The van der Waals surface area contributed by atoms with Crippen molar-refractivity contribution >= 4 is 5.69 Å². The molecule has 5 nitrogen and oxygen atoms in total. The summed E-state index contributed by atoms with van der Waals surface area (Å²) in [6.07, 6.45) is 0. The van der Waals surface area contributed by atoms with Crippen molar-refractivity contribution in [1.82, 2.24) is 9.78 Å². The van der Waals surface area contributed by atoms with E-state index in [9.17, 15) is 4.79 Å². The van der Waals surface area contributed by atoms with Gasteiger partial charge in [-0.15, -0.1) is 0 Å². The van der Waals surface area contributed by atoms with Crippen LogP contribution in [-0.4, -0.2) is 9.78 Å². The Balaban J connectivity index is 2.52. The highest BCUT2D eigenvalue weighted by Gasteiger charge is 2.06. The quantitative estimate of drug-likeness (QED) is 0.597. The minimum absolute atomic E-state index is 0.105. The third-order valence-corrected chi connectivity index (χ3v) is 2.61. The molecule has 5 heteroatoms. The summed E-state index contributed by atoms with van der Waals surface area (Å²) in [4.78, 5) is 11.4. The molecule has 88 valence electrons. The van der Waals surface area contributed by atoms with Crippen LogP contribution in [0.2, 0.25) is 0 Å². The zero-order valence-corrected chi connectivity index (χ0v) is 9.77. The molecule has 3 N–H and O–H groups in total. The molecule has 0 saturated heterocycles. The lowest BCUT2D eigenvalue weighted by molar-refractivity contribution is 0.708. The number of anilines is 1. The number of nitrogens with two attached hydrogens (primary N) is 1. The van der Waals surface area contributed by atoms with Gasteiger partial charge in [0, 0.05) is 24.4 Å². The molecule has 0 aliphatic rings. The molecule has 0 fully saturated rings. The fourth-order valence-corrected chi connectivity index (χ4v) is 1.63. The Morgan fingerprint density at radius 2 is 1.94 bits per heavy atom. The van der Waals surface area contributed by atoms with E-state index in [-0.39, 0.29) is 5.56 Å². The number of hydrazine groups is 1. The van der Waals surface area contributed by atoms with Crippen molar-refractivity contribution in [3.05, 3.63) is 46.2 Å². The molecule has 0 aliphatic carbocycles. The van der Waals surface area contributed by atoms with E-state index in [2.05, 4.69) is 10.5 Å². The monoisotopic (exact) mass is 230 g/mol. The van der Waals surface area contributed by atoms with Crippen LogP contribution in [0.15, 0.2) is 35.1 Å². The Kier molecular flexibility index (Phi) is 2.93. The summed E-state index contributed by atoms with van der Waals surface area (Å²) >= 11 is 0. The van der Waals surface area contributed by atoms with E-state index >= 15 is 0 Å². The Hall–Kier alpha value is -2.14.